The molecule has 1 unspecified atom stereocenters. The number of alkyl halides is 2. The van der Waals surface area contributed by atoms with Gasteiger partial charge in [0.15, 0.2) is 0 Å². The van der Waals surface area contributed by atoms with Crippen molar-refractivity contribution in [2.75, 3.05) is 6.61 Å². The summed E-state index contributed by atoms with van der Waals surface area (Å²) in [5.74, 6) is -0.395. The van der Waals surface area contributed by atoms with Crippen molar-refractivity contribution >= 4 is 5.91 Å². The van der Waals surface area contributed by atoms with Crippen molar-refractivity contribution in [3.05, 3.63) is 47.1 Å². The first-order valence-electron chi connectivity index (χ1n) is 8.12. The Labute approximate surface area is 152 Å². The normalized spacial score (nSPS) is 15.7. The lowest BCUT2D eigenvalue weighted by molar-refractivity contribution is 0.0929. The van der Waals surface area contributed by atoms with Gasteiger partial charge < -0.3 is 14.6 Å². The topological polar surface area (TPSA) is 95.1 Å². The number of aryl methyl sites for hydroxylation is 1. The molecule has 10 heteroatoms. The molecule has 1 atom stereocenters. The molecule has 0 saturated carbocycles. The molecule has 1 amide bonds. The van der Waals surface area contributed by atoms with E-state index < -0.39 is 12.3 Å². The number of benzene rings is 1. The van der Waals surface area contributed by atoms with Gasteiger partial charge in [0.05, 0.1) is 17.8 Å². The van der Waals surface area contributed by atoms with Crippen LogP contribution in [0.4, 0.5) is 8.78 Å². The van der Waals surface area contributed by atoms with Crippen molar-refractivity contribution in [1.29, 1.82) is 0 Å². The van der Waals surface area contributed by atoms with Gasteiger partial charge in [0.1, 0.15) is 12.4 Å². The quantitative estimate of drug-likeness (QED) is 0.753. The zero-order valence-corrected chi connectivity index (χ0v) is 14.4. The second-order valence-electron chi connectivity index (χ2n) is 6.11. The van der Waals surface area contributed by atoms with Gasteiger partial charge in [-0.2, -0.15) is 18.9 Å². The van der Waals surface area contributed by atoms with Crippen LogP contribution < -0.4 is 10.1 Å². The number of ether oxygens (including phenoxy) is 1. The smallest absolute Gasteiger partial charge is 0.315 e. The summed E-state index contributed by atoms with van der Waals surface area (Å²) in [6, 6.07) is 4.72. The third kappa shape index (κ3) is 3.03. The van der Waals surface area contributed by atoms with Crippen molar-refractivity contribution in [2.45, 2.75) is 19.4 Å². The molecular weight excluding hydrogens is 360 g/mol. The molecule has 8 nitrogen and oxygen atoms in total. The first-order chi connectivity index (χ1) is 12.9. The van der Waals surface area contributed by atoms with Gasteiger partial charge in [0, 0.05) is 23.9 Å². The van der Waals surface area contributed by atoms with E-state index >= 15 is 0 Å². The number of amides is 1. The highest BCUT2D eigenvalue weighted by Crippen LogP contribution is 2.35. The van der Waals surface area contributed by atoms with Gasteiger partial charge in [-0.1, -0.05) is 17.3 Å². The highest BCUT2D eigenvalue weighted by atomic mass is 19.3. The standard InChI is InChI=1S/C17H15F2N5O3/c1-8-11(6-20-24(8)2)16(25)21-12-7-26-13-5-9(3-4-10(12)13)15-22-17(14(18)19)27-23-15/h3-6,12,14H,7H2,1-2H3,(H,21,25). The Bertz CT molecular complexity index is 1010. The molecule has 0 saturated heterocycles. The van der Waals surface area contributed by atoms with Crippen LogP contribution >= 0.6 is 0 Å². The van der Waals surface area contributed by atoms with Crippen LogP contribution in [0, 0.1) is 6.92 Å². The summed E-state index contributed by atoms with van der Waals surface area (Å²) < 4.78 is 37.0. The van der Waals surface area contributed by atoms with Gasteiger partial charge in [-0.15, -0.1) is 0 Å². The molecular formula is C17H15F2N5O3. The minimum atomic E-state index is -2.83. The first kappa shape index (κ1) is 17.1. The highest BCUT2D eigenvalue weighted by Gasteiger charge is 2.28. The van der Waals surface area contributed by atoms with E-state index in [0.717, 1.165) is 11.3 Å². The van der Waals surface area contributed by atoms with Crippen LogP contribution in [-0.4, -0.2) is 32.4 Å². The molecule has 1 N–H and O–H groups in total. The largest absolute Gasteiger partial charge is 0.491 e. The second-order valence-corrected chi connectivity index (χ2v) is 6.11. The maximum absolute atomic E-state index is 12.6. The summed E-state index contributed by atoms with van der Waals surface area (Å²) >= 11 is 0. The maximum atomic E-state index is 12.6. The molecule has 1 aliphatic heterocycles. The molecule has 0 spiro atoms. The Hall–Kier alpha value is -3.30. The summed E-state index contributed by atoms with van der Waals surface area (Å²) in [5.41, 5.74) is 2.52. The number of carbonyl (C=O) groups excluding carboxylic acids is 1. The number of hydrogen-bond donors (Lipinski definition) is 1. The lowest BCUT2D eigenvalue weighted by Gasteiger charge is -2.11. The van der Waals surface area contributed by atoms with Crippen LogP contribution in [-0.2, 0) is 7.05 Å². The summed E-state index contributed by atoms with van der Waals surface area (Å²) in [5, 5.41) is 10.5. The molecule has 1 aromatic carbocycles. The average Bonchev–Trinajstić information content (AvgIpc) is 3.35. The Morgan fingerprint density at radius 3 is 2.89 bits per heavy atom. The van der Waals surface area contributed by atoms with Crippen LogP contribution in [0.2, 0.25) is 0 Å². The maximum Gasteiger partial charge on any atom is 0.315 e. The molecule has 0 aliphatic carbocycles. The first-order valence-corrected chi connectivity index (χ1v) is 8.12. The molecule has 3 aromatic rings. The summed E-state index contributed by atoms with van der Waals surface area (Å²) in [6.07, 6.45) is -1.31. The number of nitrogens with one attached hydrogen (secondary N) is 1. The van der Waals surface area contributed by atoms with Crippen LogP contribution in [0.1, 0.15) is 40.0 Å². The number of hydrogen-bond acceptors (Lipinski definition) is 6. The number of carbonyl (C=O) groups is 1. The predicted molar refractivity (Wildman–Crippen MR) is 88.3 cm³/mol. The molecule has 140 valence electrons. The molecule has 4 rings (SSSR count). The monoisotopic (exact) mass is 375 g/mol. The van der Waals surface area contributed by atoms with Gasteiger partial charge in [-0.3, -0.25) is 9.48 Å². The van der Waals surface area contributed by atoms with Gasteiger partial charge in [0.2, 0.25) is 5.82 Å². The van der Waals surface area contributed by atoms with Crippen molar-refractivity contribution in [1.82, 2.24) is 25.2 Å². The molecule has 0 fully saturated rings. The Morgan fingerprint density at radius 2 is 2.22 bits per heavy atom. The molecule has 3 heterocycles. The average molecular weight is 375 g/mol. The van der Waals surface area contributed by atoms with Crippen molar-refractivity contribution in [2.24, 2.45) is 7.05 Å². The Balaban J connectivity index is 1.54. The van der Waals surface area contributed by atoms with E-state index in [2.05, 4.69) is 25.1 Å². The van der Waals surface area contributed by atoms with Crippen molar-refractivity contribution < 1.29 is 22.8 Å². The second kappa shape index (κ2) is 6.45. The van der Waals surface area contributed by atoms with Crippen molar-refractivity contribution in [3.8, 4) is 17.1 Å². The Morgan fingerprint density at radius 1 is 1.41 bits per heavy atom. The van der Waals surface area contributed by atoms with Gasteiger partial charge in [0.25, 0.3) is 11.8 Å². The van der Waals surface area contributed by atoms with Crippen LogP contribution in [0.3, 0.4) is 0 Å². The molecule has 2 aromatic heterocycles. The van der Waals surface area contributed by atoms with Gasteiger partial charge >= 0.3 is 6.43 Å². The van der Waals surface area contributed by atoms with Crippen LogP contribution in [0.5, 0.6) is 5.75 Å². The van der Waals surface area contributed by atoms with E-state index in [1.165, 1.54) is 6.20 Å². The minimum Gasteiger partial charge on any atom is -0.491 e. The molecule has 27 heavy (non-hydrogen) atoms. The molecule has 1 aliphatic rings. The lowest BCUT2D eigenvalue weighted by atomic mass is 10.1. The van der Waals surface area contributed by atoms with E-state index in [4.69, 9.17) is 4.74 Å². The van der Waals surface area contributed by atoms with E-state index in [9.17, 15) is 13.6 Å². The summed E-state index contributed by atoms with van der Waals surface area (Å²) in [6.45, 7) is 2.07. The summed E-state index contributed by atoms with van der Waals surface area (Å²) in [7, 11) is 1.76. The fourth-order valence-electron chi connectivity index (χ4n) is 2.87. The number of rotatable bonds is 4. The van der Waals surface area contributed by atoms with Gasteiger partial charge in [-0.25, -0.2) is 0 Å². The van der Waals surface area contributed by atoms with E-state index in [1.54, 1.807) is 29.9 Å². The fraction of sp³-hybridized carbons (Fsp3) is 0.294. The fourth-order valence-corrected chi connectivity index (χ4v) is 2.87. The van der Waals surface area contributed by atoms with E-state index in [-0.39, 0.29) is 24.4 Å². The SMILES string of the molecule is Cc1c(C(=O)NC2COc3cc(-c4noc(C(F)F)n4)ccc32)cnn1C. The predicted octanol–water partition coefficient (Wildman–Crippen LogP) is 2.58. The molecule has 0 bridgehead atoms. The third-order valence-electron chi connectivity index (χ3n) is 4.47. The number of aromatic nitrogens is 4. The van der Waals surface area contributed by atoms with Crippen LogP contribution in [0.15, 0.2) is 28.9 Å². The molecule has 0 radical (unpaired) electrons. The van der Waals surface area contributed by atoms with Crippen LogP contribution in [0.25, 0.3) is 11.4 Å². The minimum absolute atomic E-state index is 0.0511. The number of halogens is 2. The number of nitrogens with zero attached hydrogens (tertiary/aromatic N) is 4. The zero-order chi connectivity index (χ0) is 19.1. The van der Waals surface area contributed by atoms with E-state index in [1.807, 2.05) is 6.92 Å². The van der Waals surface area contributed by atoms with E-state index in [0.29, 0.717) is 16.9 Å². The highest BCUT2D eigenvalue weighted by molar-refractivity contribution is 5.95. The zero-order valence-electron chi connectivity index (χ0n) is 14.4. The lowest BCUT2D eigenvalue weighted by Crippen LogP contribution is -2.29. The number of fused-ring (bicyclic) bond motifs is 1. The Kier molecular flexibility index (Phi) is 4.09. The van der Waals surface area contributed by atoms with Gasteiger partial charge in [-0.05, 0) is 13.0 Å². The third-order valence-corrected chi connectivity index (χ3v) is 4.47. The van der Waals surface area contributed by atoms with Crippen molar-refractivity contribution in [3.63, 3.8) is 0 Å². The summed E-state index contributed by atoms with van der Waals surface area (Å²) in [4.78, 5) is 16.1.